The first-order valence-corrected chi connectivity index (χ1v) is 11.1. The molecule has 170 valence electrons. The number of carbonyl (C=O) groups excluding carboxylic acids is 1. The van der Waals surface area contributed by atoms with Gasteiger partial charge in [0.05, 0.1) is 26.5 Å². The molecule has 6 nitrogen and oxygen atoms in total. The molecule has 2 aliphatic rings. The van der Waals surface area contributed by atoms with Crippen molar-refractivity contribution in [1.82, 2.24) is 4.90 Å². The van der Waals surface area contributed by atoms with Crippen LogP contribution in [0.5, 0.6) is 11.5 Å². The molecule has 4 rings (SSSR count). The Hall–Kier alpha value is -3.09. The quantitative estimate of drug-likeness (QED) is 0.604. The van der Waals surface area contributed by atoms with Gasteiger partial charge in [0.2, 0.25) is 5.91 Å². The zero-order valence-electron chi connectivity index (χ0n) is 18.6. The monoisotopic (exact) mass is 440 g/mol. The highest BCUT2D eigenvalue weighted by molar-refractivity contribution is 6.01. The highest BCUT2D eigenvalue weighted by atomic mass is 19.1. The SMILES string of the molecule is COc1ccc(C2=NO[C@@H](CN(Cc3cccc(F)c3)C(=O)C3CCCC3)C2)cc1OC. The largest absolute Gasteiger partial charge is 0.493 e. The standard InChI is InChI=1S/C25H29FN2O4/c1-30-23-11-10-19(13-24(23)31-2)22-14-21(32-27-22)16-28(25(29)18-7-3-4-8-18)15-17-6-5-9-20(26)12-17/h5-6,9-13,18,21H,3-4,7-8,14-16H2,1-2H3/t21-/m1/s1. The van der Waals surface area contributed by atoms with Crippen molar-refractivity contribution in [3.05, 3.63) is 59.4 Å². The average molecular weight is 441 g/mol. The van der Waals surface area contributed by atoms with E-state index >= 15 is 0 Å². The minimum Gasteiger partial charge on any atom is -0.493 e. The molecule has 0 bridgehead atoms. The van der Waals surface area contributed by atoms with Crippen LogP contribution in [-0.4, -0.2) is 43.4 Å². The van der Waals surface area contributed by atoms with Gasteiger partial charge in [0.25, 0.3) is 0 Å². The first-order valence-electron chi connectivity index (χ1n) is 11.1. The number of methoxy groups -OCH3 is 2. The number of halogens is 1. The smallest absolute Gasteiger partial charge is 0.226 e. The molecule has 1 aliphatic heterocycles. The van der Waals surface area contributed by atoms with Gasteiger partial charge in [-0.1, -0.05) is 30.1 Å². The van der Waals surface area contributed by atoms with Gasteiger partial charge in [-0.2, -0.15) is 0 Å². The molecule has 0 saturated heterocycles. The molecule has 1 amide bonds. The maximum Gasteiger partial charge on any atom is 0.226 e. The Bertz CT molecular complexity index is 988. The molecule has 1 heterocycles. The summed E-state index contributed by atoms with van der Waals surface area (Å²) in [7, 11) is 3.19. The van der Waals surface area contributed by atoms with Gasteiger partial charge >= 0.3 is 0 Å². The summed E-state index contributed by atoms with van der Waals surface area (Å²) in [5.74, 6) is 1.13. The molecule has 0 aromatic heterocycles. The molecule has 1 aliphatic carbocycles. The van der Waals surface area contributed by atoms with Crippen LogP contribution in [0.15, 0.2) is 47.6 Å². The van der Waals surface area contributed by atoms with Gasteiger partial charge < -0.3 is 19.2 Å². The highest BCUT2D eigenvalue weighted by Gasteiger charge is 2.32. The van der Waals surface area contributed by atoms with Crippen LogP contribution in [0.4, 0.5) is 4.39 Å². The fourth-order valence-corrected chi connectivity index (χ4v) is 4.48. The summed E-state index contributed by atoms with van der Waals surface area (Å²) < 4.78 is 24.4. The molecule has 2 aromatic carbocycles. The van der Waals surface area contributed by atoms with E-state index in [1.807, 2.05) is 29.2 Å². The van der Waals surface area contributed by atoms with E-state index in [4.69, 9.17) is 14.3 Å². The zero-order chi connectivity index (χ0) is 22.5. The third-order valence-electron chi connectivity index (χ3n) is 6.15. The van der Waals surface area contributed by atoms with Gasteiger partial charge in [0, 0.05) is 24.4 Å². The van der Waals surface area contributed by atoms with Gasteiger partial charge in [-0.15, -0.1) is 0 Å². The predicted molar refractivity (Wildman–Crippen MR) is 119 cm³/mol. The van der Waals surface area contributed by atoms with Crippen LogP contribution in [0.3, 0.4) is 0 Å². The van der Waals surface area contributed by atoms with E-state index in [-0.39, 0.29) is 23.7 Å². The number of oxime groups is 1. The molecular weight excluding hydrogens is 411 g/mol. The molecule has 32 heavy (non-hydrogen) atoms. The second-order valence-electron chi connectivity index (χ2n) is 8.37. The molecular formula is C25H29FN2O4. The summed E-state index contributed by atoms with van der Waals surface area (Å²) in [6, 6.07) is 12.0. The van der Waals surface area contributed by atoms with E-state index in [1.54, 1.807) is 20.3 Å². The Balaban J connectivity index is 1.46. The summed E-state index contributed by atoms with van der Waals surface area (Å²) in [6.07, 6.45) is 4.31. The average Bonchev–Trinajstić information content (AvgIpc) is 3.50. The fraction of sp³-hybridized carbons (Fsp3) is 0.440. The van der Waals surface area contributed by atoms with E-state index < -0.39 is 0 Å². The van der Waals surface area contributed by atoms with Crippen molar-refractivity contribution in [3.63, 3.8) is 0 Å². The molecule has 2 aromatic rings. The second-order valence-corrected chi connectivity index (χ2v) is 8.37. The van der Waals surface area contributed by atoms with Crippen molar-refractivity contribution in [1.29, 1.82) is 0 Å². The molecule has 0 unspecified atom stereocenters. The summed E-state index contributed by atoms with van der Waals surface area (Å²) in [5, 5.41) is 4.27. The van der Waals surface area contributed by atoms with Gasteiger partial charge in [0.15, 0.2) is 17.6 Å². The maximum absolute atomic E-state index is 13.7. The maximum atomic E-state index is 13.7. The number of ether oxygens (including phenoxy) is 2. The van der Waals surface area contributed by atoms with Crippen molar-refractivity contribution in [3.8, 4) is 11.5 Å². The lowest BCUT2D eigenvalue weighted by atomic mass is 10.0. The number of benzene rings is 2. The van der Waals surface area contributed by atoms with E-state index in [2.05, 4.69) is 5.16 Å². The third-order valence-corrected chi connectivity index (χ3v) is 6.15. The number of rotatable bonds is 8. The summed E-state index contributed by atoms with van der Waals surface area (Å²) >= 11 is 0. The molecule has 1 saturated carbocycles. The van der Waals surface area contributed by atoms with Gasteiger partial charge in [-0.05, 0) is 48.7 Å². The number of nitrogens with zero attached hydrogens (tertiary/aromatic N) is 2. The number of carbonyl (C=O) groups is 1. The molecule has 1 fully saturated rings. The van der Waals surface area contributed by atoms with Crippen LogP contribution in [-0.2, 0) is 16.2 Å². The molecule has 0 N–H and O–H groups in total. The van der Waals surface area contributed by atoms with Crippen LogP contribution in [0.2, 0.25) is 0 Å². The normalized spacial score (nSPS) is 18.2. The van der Waals surface area contributed by atoms with Crippen molar-refractivity contribution >= 4 is 11.6 Å². The van der Waals surface area contributed by atoms with E-state index in [0.29, 0.717) is 31.0 Å². The Labute approximate surface area is 187 Å². The van der Waals surface area contributed by atoms with Gasteiger partial charge in [0.1, 0.15) is 5.82 Å². The zero-order valence-corrected chi connectivity index (χ0v) is 18.6. The topological polar surface area (TPSA) is 60.4 Å². The fourth-order valence-electron chi connectivity index (χ4n) is 4.48. The number of hydrogen-bond donors (Lipinski definition) is 0. The number of amides is 1. The molecule has 0 spiro atoms. The Morgan fingerprint density at radius 3 is 2.62 bits per heavy atom. The van der Waals surface area contributed by atoms with E-state index in [9.17, 15) is 9.18 Å². The van der Waals surface area contributed by atoms with Gasteiger partial charge in [-0.25, -0.2) is 4.39 Å². The summed E-state index contributed by atoms with van der Waals surface area (Å²) in [4.78, 5) is 20.7. The van der Waals surface area contributed by atoms with E-state index in [0.717, 1.165) is 42.5 Å². The van der Waals surface area contributed by atoms with Crippen molar-refractivity contribution in [2.75, 3.05) is 20.8 Å². The Kier molecular flexibility index (Phi) is 6.93. The lowest BCUT2D eigenvalue weighted by Gasteiger charge is -2.27. The van der Waals surface area contributed by atoms with Crippen molar-refractivity contribution < 1.29 is 23.5 Å². The second kappa shape index (κ2) is 10.0. The highest BCUT2D eigenvalue weighted by Crippen LogP contribution is 2.31. The Morgan fingerprint density at radius 1 is 1.12 bits per heavy atom. The molecule has 1 atom stereocenters. The summed E-state index contributed by atoms with van der Waals surface area (Å²) in [6.45, 7) is 0.769. The van der Waals surface area contributed by atoms with Crippen LogP contribution < -0.4 is 9.47 Å². The molecule has 7 heteroatoms. The minimum atomic E-state index is -0.299. The molecule has 0 radical (unpaired) electrons. The first-order chi connectivity index (χ1) is 15.6. The number of hydrogen-bond acceptors (Lipinski definition) is 5. The third kappa shape index (κ3) is 5.03. The lowest BCUT2D eigenvalue weighted by Crippen LogP contribution is -2.40. The first kappa shape index (κ1) is 22.1. The van der Waals surface area contributed by atoms with Crippen LogP contribution in [0.25, 0.3) is 0 Å². The van der Waals surface area contributed by atoms with Gasteiger partial charge in [-0.3, -0.25) is 4.79 Å². The predicted octanol–water partition coefficient (Wildman–Crippen LogP) is 4.55. The van der Waals surface area contributed by atoms with Crippen LogP contribution in [0, 0.1) is 11.7 Å². The van der Waals surface area contributed by atoms with Crippen LogP contribution in [0.1, 0.15) is 43.2 Å². The summed E-state index contributed by atoms with van der Waals surface area (Å²) in [5.41, 5.74) is 2.47. The van der Waals surface area contributed by atoms with Crippen molar-refractivity contribution in [2.45, 2.75) is 44.8 Å². The van der Waals surface area contributed by atoms with Crippen LogP contribution >= 0.6 is 0 Å². The van der Waals surface area contributed by atoms with Crippen molar-refractivity contribution in [2.24, 2.45) is 11.1 Å². The minimum absolute atomic E-state index is 0.0381. The van der Waals surface area contributed by atoms with E-state index in [1.165, 1.54) is 12.1 Å². The lowest BCUT2D eigenvalue weighted by molar-refractivity contribution is -0.137. The Morgan fingerprint density at radius 2 is 1.91 bits per heavy atom.